The van der Waals surface area contributed by atoms with E-state index in [-0.39, 0.29) is 11.9 Å². The van der Waals surface area contributed by atoms with Crippen LogP contribution in [-0.4, -0.2) is 19.2 Å². The molecule has 1 N–H and O–H groups in total. The highest BCUT2D eigenvalue weighted by Gasteiger charge is 2.16. The quantitative estimate of drug-likeness (QED) is 0.881. The molecule has 1 aliphatic heterocycles. The van der Waals surface area contributed by atoms with Crippen LogP contribution in [0.1, 0.15) is 6.42 Å². The number of hydrogen-bond donors (Lipinski definition) is 1. The van der Waals surface area contributed by atoms with Gasteiger partial charge in [0.15, 0.2) is 0 Å². The van der Waals surface area contributed by atoms with E-state index in [1.165, 1.54) is 12.1 Å². The van der Waals surface area contributed by atoms with Gasteiger partial charge in [0.25, 0.3) is 0 Å². The van der Waals surface area contributed by atoms with E-state index < -0.39 is 0 Å². The highest BCUT2D eigenvalue weighted by atomic mass is 79.9. The molecule has 1 atom stereocenters. The van der Waals surface area contributed by atoms with Crippen molar-refractivity contribution in [3.63, 3.8) is 0 Å². The molecule has 2 rings (SSSR count). The SMILES string of the molecule is Fc1cc(Br)cc(O[C@H]2CCNC2)c1. The summed E-state index contributed by atoms with van der Waals surface area (Å²) in [6.07, 6.45) is 1.15. The zero-order valence-electron chi connectivity index (χ0n) is 7.59. The summed E-state index contributed by atoms with van der Waals surface area (Å²) in [6, 6.07) is 4.60. The van der Waals surface area contributed by atoms with Crippen LogP contribution in [0.4, 0.5) is 4.39 Å². The van der Waals surface area contributed by atoms with E-state index in [1.54, 1.807) is 6.07 Å². The molecule has 1 aliphatic rings. The largest absolute Gasteiger partial charge is 0.489 e. The summed E-state index contributed by atoms with van der Waals surface area (Å²) in [6.45, 7) is 1.81. The van der Waals surface area contributed by atoms with Crippen molar-refractivity contribution in [3.05, 3.63) is 28.5 Å². The smallest absolute Gasteiger partial charge is 0.128 e. The van der Waals surface area contributed by atoms with E-state index in [1.807, 2.05) is 0 Å². The lowest BCUT2D eigenvalue weighted by molar-refractivity contribution is 0.222. The van der Waals surface area contributed by atoms with Crippen molar-refractivity contribution in [2.24, 2.45) is 0 Å². The molecular formula is C10H11BrFNO. The number of benzene rings is 1. The fraction of sp³-hybridized carbons (Fsp3) is 0.400. The van der Waals surface area contributed by atoms with Gasteiger partial charge in [0.2, 0.25) is 0 Å². The maximum Gasteiger partial charge on any atom is 0.128 e. The minimum Gasteiger partial charge on any atom is -0.489 e. The zero-order chi connectivity index (χ0) is 9.97. The number of halogens is 2. The molecule has 0 aliphatic carbocycles. The van der Waals surface area contributed by atoms with Crippen molar-refractivity contribution in [3.8, 4) is 5.75 Å². The van der Waals surface area contributed by atoms with Crippen molar-refractivity contribution >= 4 is 15.9 Å². The van der Waals surface area contributed by atoms with Gasteiger partial charge < -0.3 is 10.1 Å². The summed E-state index contributed by atoms with van der Waals surface area (Å²) in [5, 5.41) is 3.19. The van der Waals surface area contributed by atoms with E-state index in [0.717, 1.165) is 19.5 Å². The van der Waals surface area contributed by atoms with Crippen LogP contribution in [0.2, 0.25) is 0 Å². The van der Waals surface area contributed by atoms with E-state index in [4.69, 9.17) is 4.74 Å². The molecule has 1 saturated heterocycles. The Hall–Kier alpha value is -0.610. The molecule has 0 aromatic heterocycles. The Morgan fingerprint density at radius 3 is 2.93 bits per heavy atom. The second-order valence-corrected chi connectivity index (χ2v) is 4.25. The Morgan fingerprint density at radius 1 is 1.43 bits per heavy atom. The van der Waals surface area contributed by atoms with Gasteiger partial charge in [0, 0.05) is 17.1 Å². The van der Waals surface area contributed by atoms with E-state index in [0.29, 0.717) is 10.2 Å². The first kappa shape index (κ1) is 9.93. The topological polar surface area (TPSA) is 21.3 Å². The Kier molecular flexibility index (Phi) is 3.03. The van der Waals surface area contributed by atoms with Crippen LogP contribution in [-0.2, 0) is 0 Å². The maximum atomic E-state index is 13.0. The van der Waals surface area contributed by atoms with Crippen molar-refractivity contribution in [1.82, 2.24) is 5.32 Å². The first-order valence-electron chi connectivity index (χ1n) is 4.57. The molecule has 4 heteroatoms. The van der Waals surface area contributed by atoms with Crippen LogP contribution in [0.15, 0.2) is 22.7 Å². The average Bonchev–Trinajstić information content (AvgIpc) is 2.54. The van der Waals surface area contributed by atoms with Gasteiger partial charge in [-0.1, -0.05) is 15.9 Å². The van der Waals surface area contributed by atoms with Crippen LogP contribution in [0.3, 0.4) is 0 Å². The zero-order valence-corrected chi connectivity index (χ0v) is 9.18. The molecule has 1 fully saturated rings. The van der Waals surface area contributed by atoms with Gasteiger partial charge in [-0.2, -0.15) is 0 Å². The third kappa shape index (κ3) is 2.45. The highest BCUT2D eigenvalue weighted by molar-refractivity contribution is 9.10. The first-order chi connectivity index (χ1) is 6.74. The van der Waals surface area contributed by atoms with Gasteiger partial charge in [-0.3, -0.25) is 0 Å². The average molecular weight is 260 g/mol. The van der Waals surface area contributed by atoms with E-state index in [2.05, 4.69) is 21.2 Å². The van der Waals surface area contributed by atoms with Crippen LogP contribution >= 0.6 is 15.9 Å². The minimum absolute atomic E-state index is 0.170. The Bertz CT molecular complexity index is 306. The maximum absolute atomic E-state index is 13.0. The third-order valence-corrected chi connectivity index (χ3v) is 2.61. The fourth-order valence-corrected chi connectivity index (χ4v) is 1.96. The van der Waals surface area contributed by atoms with Gasteiger partial charge in [-0.15, -0.1) is 0 Å². The molecule has 0 amide bonds. The highest BCUT2D eigenvalue weighted by Crippen LogP contribution is 2.22. The molecule has 0 spiro atoms. The minimum atomic E-state index is -0.277. The molecule has 2 nitrogen and oxygen atoms in total. The lowest BCUT2D eigenvalue weighted by Crippen LogP contribution is -2.19. The van der Waals surface area contributed by atoms with Crippen LogP contribution in [0, 0.1) is 5.82 Å². The Labute approximate surface area is 90.6 Å². The summed E-state index contributed by atoms with van der Waals surface area (Å²) in [5.74, 6) is 0.311. The van der Waals surface area contributed by atoms with E-state index >= 15 is 0 Å². The molecular weight excluding hydrogens is 249 g/mol. The van der Waals surface area contributed by atoms with E-state index in [9.17, 15) is 4.39 Å². The van der Waals surface area contributed by atoms with Crippen molar-refractivity contribution < 1.29 is 9.13 Å². The second kappa shape index (κ2) is 4.28. The summed E-state index contributed by atoms with van der Waals surface area (Å²) in [4.78, 5) is 0. The van der Waals surface area contributed by atoms with Gasteiger partial charge in [-0.25, -0.2) is 4.39 Å². The number of nitrogens with one attached hydrogen (secondary N) is 1. The predicted molar refractivity (Wildman–Crippen MR) is 56.0 cm³/mol. The first-order valence-corrected chi connectivity index (χ1v) is 5.37. The van der Waals surface area contributed by atoms with Crippen molar-refractivity contribution in [1.29, 1.82) is 0 Å². The number of rotatable bonds is 2. The monoisotopic (exact) mass is 259 g/mol. The van der Waals surface area contributed by atoms with Gasteiger partial charge in [0.05, 0.1) is 0 Å². The third-order valence-electron chi connectivity index (χ3n) is 2.15. The Balaban J connectivity index is 2.07. The summed E-state index contributed by atoms with van der Waals surface area (Å²) in [5.41, 5.74) is 0. The van der Waals surface area contributed by atoms with Gasteiger partial charge in [0.1, 0.15) is 17.7 Å². The summed E-state index contributed by atoms with van der Waals surface area (Å²) < 4.78 is 19.3. The number of hydrogen-bond acceptors (Lipinski definition) is 2. The lowest BCUT2D eigenvalue weighted by Gasteiger charge is -2.12. The van der Waals surface area contributed by atoms with Crippen molar-refractivity contribution in [2.45, 2.75) is 12.5 Å². The molecule has 1 aromatic rings. The lowest BCUT2D eigenvalue weighted by atomic mass is 10.3. The van der Waals surface area contributed by atoms with Crippen LogP contribution in [0.5, 0.6) is 5.75 Å². The predicted octanol–water partition coefficient (Wildman–Crippen LogP) is 2.33. The molecule has 0 bridgehead atoms. The summed E-state index contributed by atoms with van der Waals surface area (Å²) >= 11 is 3.23. The van der Waals surface area contributed by atoms with Gasteiger partial charge in [-0.05, 0) is 25.1 Å². The molecule has 1 heterocycles. The number of ether oxygens (including phenoxy) is 1. The van der Waals surface area contributed by atoms with Crippen LogP contribution in [0.25, 0.3) is 0 Å². The molecule has 0 unspecified atom stereocenters. The standard InChI is InChI=1S/C10H11BrFNO/c11-7-3-8(12)5-10(4-7)14-9-1-2-13-6-9/h3-5,9,13H,1-2,6H2/t9-/m0/s1. The summed E-state index contributed by atoms with van der Waals surface area (Å²) in [7, 11) is 0. The molecule has 14 heavy (non-hydrogen) atoms. The normalized spacial score (nSPS) is 21.1. The fourth-order valence-electron chi connectivity index (χ4n) is 1.52. The molecule has 1 aromatic carbocycles. The molecule has 0 saturated carbocycles. The molecule has 76 valence electrons. The molecule has 0 radical (unpaired) electrons. The van der Waals surface area contributed by atoms with Gasteiger partial charge >= 0.3 is 0 Å². The second-order valence-electron chi connectivity index (χ2n) is 3.34. The Morgan fingerprint density at radius 2 is 2.29 bits per heavy atom. The van der Waals surface area contributed by atoms with Crippen LogP contribution < -0.4 is 10.1 Å². The van der Waals surface area contributed by atoms with Crippen molar-refractivity contribution in [2.75, 3.05) is 13.1 Å².